The summed E-state index contributed by atoms with van der Waals surface area (Å²) in [5.41, 5.74) is 0. The van der Waals surface area contributed by atoms with E-state index in [0.717, 1.165) is 37.6 Å². The first-order chi connectivity index (χ1) is 13.1. The number of pyridine rings is 1. The predicted molar refractivity (Wildman–Crippen MR) is 100 cm³/mol. The Hall–Kier alpha value is -2.48. The molecule has 4 atom stereocenters. The Morgan fingerprint density at radius 3 is 2.81 bits per heavy atom. The molecule has 1 saturated heterocycles. The van der Waals surface area contributed by atoms with E-state index in [1.165, 1.54) is 0 Å². The van der Waals surface area contributed by atoms with Crippen molar-refractivity contribution in [1.29, 1.82) is 0 Å². The van der Waals surface area contributed by atoms with Gasteiger partial charge in [0.1, 0.15) is 11.6 Å². The van der Waals surface area contributed by atoms with Crippen LogP contribution in [0.25, 0.3) is 0 Å². The minimum absolute atomic E-state index is 0.103. The number of anilines is 1. The van der Waals surface area contributed by atoms with Crippen molar-refractivity contribution in [3.63, 3.8) is 0 Å². The second kappa shape index (κ2) is 7.64. The van der Waals surface area contributed by atoms with Gasteiger partial charge < -0.3 is 15.0 Å². The summed E-state index contributed by atoms with van der Waals surface area (Å²) in [5.74, 6) is 3.24. The van der Waals surface area contributed by atoms with Crippen molar-refractivity contribution < 1.29 is 9.53 Å². The van der Waals surface area contributed by atoms with E-state index in [1.54, 1.807) is 13.3 Å². The fourth-order valence-corrected chi connectivity index (χ4v) is 4.38. The largest absolute Gasteiger partial charge is 0.379 e. The lowest BCUT2D eigenvalue weighted by molar-refractivity contribution is -0.129. The van der Waals surface area contributed by atoms with Gasteiger partial charge in [-0.05, 0) is 43.7 Å². The van der Waals surface area contributed by atoms with Crippen LogP contribution in [0.3, 0.4) is 0 Å². The number of fused-ring (bicyclic) bond motifs is 1. The molecule has 144 valence electrons. The Balaban J connectivity index is 1.39. The highest BCUT2D eigenvalue weighted by Crippen LogP contribution is 2.38. The highest BCUT2D eigenvalue weighted by molar-refractivity contribution is 5.78. The van der Waals surface area contributed by atoms with Crippen LogP contribution < -0.4 is 5.32 Å². The molecule has 4 rings (SSSR count). The van der Waals surface area contributed by atoms with Gasteiger partial charge in [-0.2, -0.15) is 5.10 Å². The summed E-state index contributed by atoms with van der Waals surface area (Å²) in [7, 11) is 1.77. The van der Waals surface area contributed by atoms with E-state index in [4.69, 9.17) is 4.74 Å². The number of amides is 1. The van der Waals surface area contributed by atoms with Gasteiger partial charge >= 0.3 is 0 Å². The van der Waals surface area contributed by atoms with Crippen LogP contribution in [0, 0.1) is 18.8 Å². The van der Waals surface area contributed by atoms with Crippen LogP contribution in [-0.4, -0.2) is 63.3 Å². The molecule has 0 unspecified atom stereocenters. The zero-order valence-electron chi connectivity index (χ0n) is 15.8. The molecular weight excluding hydrogens is 344 g/mol. The molecule has 0 bridgehead atoms. The third-order valence-electron chi connectivity index (χ3n) is 5.72. The molecule has 2 fully saturated rings. The first-order valence-electron chi connectivity index (χ1n) is 9.48. The van der Waals surface area contributed by atoms with Crippen molar-refractivity contribution in [2.45, 2.75) is 38.3 Å². The van der Waals surface area contributed by atoms with Gasteiger partial charge in [-0.3, -0.25) is 9.89 Å². The van der Waals surface area contributed by atoms with E-state index >= 15 is 0 Å². The molecule has 1 aliphatic carbocycles. The minimum Gasteiger partial charge on any atom is -0.379 e. The van der Waals surface area contributed by atoms with Crippen LogP contribution >= 0.6 is 0 Å². The van der Waals surface area contributed by atoms with Crippen molar-refractivity contribution in [3.8, 4) is 0 Å². The average Bonchev–Trinajstić information content (AvgIpc) is 3.27. The monoisotopic (exact) mass is 370 g/mol. The molecule has 0 radical (unpaired) electrons. The lowest BCUT2D eigenvalue weighted by atomic mass is 9.77. The lowest BCUT2D eigenvalue weighted by Crippen LogP contribution is -2.44. The van der Waals surface area contributed by atoms with E-state index in [-0.39, 0.29) is 24.5 Å². The third-order valence-corrected chi connectivity index (χ3v) is 5.72. The molecule has 8 nitrogen and oxygen atoms in total. The number of ether oxygens (including phenoxy) is 1. The van der Waals surface area contributed by atoms with Crippen LogP contribution in [0.2, 0.25) is 0 Å². The Morgan fingerprint density at radius 1 is 1.33 bits per heavy atom. The minimum atomic E-state index is 0.103. The van der Waals surface area contributed by atoms with E-state index in [9.17, 15) is 4.79 Å². The Labute approximate surface area is 158 Å². The number of carbonyl (C=O) groups excluding carboxylic acids is 1. The standard InChI is InChI=1S/C19H26N6O2/c1-12-21-18(24-23-12)9-19(26)25-10-13-7-15(16(27-2)8-14(13)11-25)22-17-5-3-4-6-20-17/h3-6,13-16H,7-11H2,1-2H3,(H,20,22)(H,21,23,24)/t13-,14+,15-,16-/m1/s1. The summed E-state index contributed by atoms with van der Waals surface area (Å²) in [5, 5.41) is 10.4. The molecule has 2 aliphatic rings. The molecule has 0 aromatic carbocycles. The molecule has 2 aromatic rings. The van der Waals surface area contributed by atoms with Gasteiger partial charge in [-0.1, -0.05) is 6.07 Å². The molecule has 1 saturated carbocycles. The Kier molecular flexibility index (Phi) is 5.07. The number of aryl methyl sites for hydroxylation is 1. The van der Waals surface area contributed by atoms with Gasteiger partial charge in [-0.15, -0.1) is 0 Å². The van der Waals surface area contributed by atoms with E-state index in [1.807, 2.05) is 30.0 Å². The number of rotatable bonds is 5. The number of hydrogen-bond acceptors (Lipinski definition) is 6. The maximum absolute atomic E-state index is 12.7. The summed E-state index contributed by atoms with van der Waals surface area (Å²) >= 11 is 0. The summed E-state index contributed by atoms with van der Waals surface area (Å²) in [6.07, 6.45) is 4.10. The van der Waals surface area contributed by atoms with Crippen molar-refractivity contribution in [1.82, 2.24) is 25.1 Å². The number of aromatic amines is 1. The number of nitrogens with one attached hydrogen (secondary N) is 2. The maximum atomic E-state index is 12.7. The smallest absolute Gasteiger partial charge is 0.230 e. The van der Waals surface area contributed by atoms with Crippen LogP contribution in [0.5, 0.6) is 0 Å². The molecule has 2 N–H and O–H groups in total. The zero-order valence-corrected chi connectivity index (χ0v) is 15.8. The summed E-state index contributed by atoms with van der Waals surface area (Å²) in [4.78, 5) is 23.3. The first kappa shape index (κ1) is 17.9. The lowest BCUT2D eigenvalue weighted by Gasteiger charge is -2.37. The van der Waals surface area contributed by atoms with Crippen molar-refractivity contribution >= 4 is 11.7 Å². The molecule has 3 heterocycles. The number of hydrogen-bond donors (Lipinski definition) is 2. The maximum Gasteiger partial charge on any atom is 0.230 e. The number of aromatic nitrogens is 4. The zero-order chi connectivity index (χ0) is 18.8. The summed E-state index contributed by atoms with van der Waals surface area (Å²) in [6, 6.07) is 6.06. The van der Waals surface area contributed by atoms with Gasteiger partial charge in [-0.25, -0.2) is 9.97 Å². The summed E-state index contributed by atoms with van der Waals surface area (Å²) in [6.45, 7) is 3.43. The fourth-order valence-electron chi connectivity index (χ4n) is 4.38. The molecule has 0 spiro atoms. The summed E-state index contributed by atoms with van der Waals surface area (Å²) < 4.78 is 5.76. The van der Waals surface area contributed by atoms with Gasteiger partial charge in [0.2, 0.25) is 5.91 Å². The van der Waals surface area contributed by atoms with Gasteiger partial charge in [0.25, 0.3) is 0 Å². The van der Waals surface area contributed by atoms with Crippen molar-refractivity contribution in [3.05, 3.63) is 36.0 Å². The van der Waals surface area contributed by atoms with E-state index < -0.39 is 0 Å². The molecule has 1 amide bonds. The molecule has 1 aliphatic heterocycles. The quantitative estimate of drug-likeness (QED) is 0.826. The first-order valence-corrected chi connectivity index (χ1v) is 9.48. The molecule has 2 aromatic heterocycles. The predicted octanol–water partition coefficient (Wildman–Crippen LogP) is 1.41. The fraction of sp³-hybridized carbons (Fsp3) is 0.579. The molecular formula is C19H26N6O2. The number of H-pyrrole nitrogens is 1. The third kappa shape index (κ3) is 3.95. The van der Waals surface area contributed by atoms with Crippen molar-refractivity contribution in [2.75, 3.05) is 25.5 Å². The van der Waals surface area contributed by atoms with Crippen LogP contribution in [0.4, 0.5) is 5.82 Å². The number of nitrogens with zero attached hydrogens (tertiary/aromatic N) is 4. The SMILES string of the molecule is CO[C@@H]1C[C@H]2CN(C(=O)Cc3n[nH]c(C)n3)C[C@H]2C[C@H]1Nc1ccccn1. The second-order valence-corrected chi connectivity index (χ2v) is 7.54. The molecule has 27 heavy (non-hydrogen) atoms. The average molecular weight is 370 g/mol. The number of methoxy groups -OCH3 is 1. The van der Waals surface area contributed by atoms with Crippen LogP contribution in [-0.2, 0) is 16.0 Å². The Bertz CT molecular complexity index is 780. The van der Waals surface area contributed by atoms with Gasteiger partial charge in [0, 0.05) is 26.4 Å². The highest BCUT2D eigenvalue weighted by atomic mass is 16.5. The van der Waals surface area contributed by atoms with Gasteiger partial charge in [0.05, 0.1) is 18.6 Å². The van der Waals surface area contributed by atoms with Crippen LogP contribution in [0.15, 0.2) is 24.4 Å². The number of likely N-dealkylation sites (tertiary alicyclic amines) is 1. The molecule has 8 heteroatoms. The van der Waals surface area contributed by atoms with Gasteiger partial charge in [0.15, 0.2) is 5.82 Å². The number of carbonyl (C=O) groups is 1. The topological polar surface area (TPSA) is 96.0 Å². The van der Waals surface area contributed by atoms with Crippen molar-refractivity contribution in [2.24, 2.45) is 11.8 Å². The second-order valence-electron chi connectivity index (χ2n) is 7.54. The van der Waals surface area contributed by atoms with E-state index in [2.05, 4.69) is 25.5 Å². The van der Waals surface area contributed by atoms with E-state index in [0.29, 0.717) is 17.7 Å². The Morgan fingerprint density at radius 2 is 2.15 bits per heavy atom. The van der Waals surface area contributed by atoms with Crippen LogP contribution in [0.1, 0.15) is 24.5 Å². The highest BCUT2D eigenvalue weighted by Gasteiger charge is 2.43. The normalized spacial score (nSPS) is 27.4.